The molecular formula is C54H36N2O. The Bertz CT molecular complexity index is 3250. The Kier molecular flexibility index (Phi) is 6.76. The van der Waals surface area contributed by atoms with Gasteiger partial charge in [-0.05, 0) is 89.2 Å². The van der Waals surface area contributed by atoms with Crippen LogP contribution < -0.4 is 9.64 Å². The van der Waals surface area contributed by atoms with Crippen LogP contribution in [0.3, 0.4) is 0 Å². The van der Waals surface area contributed by atoms with Gasteiger partial charge in [0.1, 0.15) is 11.5 Å². The zero-order valence-electron chi connectivity index (χ0n) is 31.4. The highest BCUT2D eigenvalue weighted by Crippen LogP contribution is 2.65. The van der Waals surface area contributed by atoms with Crippen molar-refractivity contribution in [1.29, 1.82) is 0 Å². The van der Waals surface area contributed by atoms with E-state index in [0.29, 0.717) is 0 Å². The Morgan fingerprint density at radius 3 is 2.05 bits per heavy atom. The molecule has 3 nitrogen and oxygen atoms in total. The minimum absolute atomic E-state index is 0.597. The van der Waals surface area contributed by atoms with E-state index < -0.39 is 5.41 Å². The van der Waals surface area contributed by atoms with Crippen LogP contribution in [0.15, 0.2) is 200 Å². The quantitative estimate of drug-likeness (QED) is 0.180. The van der Waals surface area contributed by atoms with Crippen molar-refractivity contribution in [3.63, 3.8) is 0 Å². The van der Waals surface area contributed by atoms with Gasteiger partial charge in [0.05, 0.1) is 22.1 Å². The van der Waals surface area contributed by atoms with Gasteiger partial charge in [-0.15, -0.1) is 0 Å². The van der Waals surface area contributed by atoms with Crippen LogP contribution in [0.4, 0.5) is 17.1 Å². The Hall–Kier alpha value is -7.36. The average molecular weight is 729 g/mol. The third kappa shape index (κ3) is 4.37. The predicted octanol–water partition coefficient (Wildman–Crippen LogP) is 14.2. The second-order valence-corrected chi connectivity index (χ2v) is 15.3. The molecule has 1 atom stereocenters. The van der Waals surface area contributed by atoms with Crippen LogP contribution >= 0.6 is 0 Å². The summed E-state index contributed by atoms with van der Waals surface area (Å²) >= 11 is 0. The molecule has 1 aromatic heterocycles. The van der Waals surface area contributed by atoms with Crippen LogP contribution in [0, 0.1) is 6.92 Å². The van der Waals surface area contributed by atoms with Gasteiger partial charge in [0, 0.05) is 49.9 Å². The van der Waals surface area contributed by atoms with Gasteiger partial charge in [-0.2, -0.15) is 0 Å². The molecule has 0 amide bonds. The fraction of sp³-hybridized carbons (Fsp3) is 0.0370. The second kappa shape index (κ2) is 12.1. The summed E-state index contributed by atoms with van der Waals surface area (Å²) < 4.78 is 9.32. The minimum Gasteiger partial charge on any atom is -0.456 e. The van der Waals surface area contributed by atoms with Gasteiger partial charge in [0.15, 0.2) is 0 Å². The number of hydrogen-bond donors (Lipinski definition) is 0. The monoisotopic (exact) mass is 728 g/mol. The van der Waals surface area contributed by atoms with Gasteiger partial charge in [-0.1, -0.05) is 146 Å². The fourth-order valence-corrected chi connectivity index (χ4v) is 10.0. The Morgan fingerprint density at radius 2 is 1.16 bits per heavy atom. The van der Waals surface area contributed by atoms with Crippen molar-refractivity contribution in [2.45, 2.75) is 12.3 Å². The van der Waals surface area contributed by atoms with Crippen molar-refractivity contribution in [3.8, 4) is 28.3 Å². The number of fused-ring (bicyclic) bond motifs is 14. The Morgan fingerprint density at radius 1 is 0.474 bits per heavy atom. The Labute approximate surface area is 331 Å². The number of rotatable bonds is 4. The van der Waals surface area contributed by atoms with Crippen molar-refractivity contribution in [2.24, 2.45) is 0 Å². The molecule has 0 radical (unpaired) electrons. The lowest BCUT2D eigenvalue weighted by Gasteiger charge is -2.40. The zero-order chi connectivity index (χ0) is 37.7. The third-order valence-corrected chi connectivity index (χ3v) is 12.4. The van der Waals surface area contributed by atoms with E-state index in [-0.39, 0.29) is 0 Å². The first-order chi connectivity index (χ1) is 28.2. The molecule has 10 aromatic rings. The molecule has 0 fully saturated rings. The third-order valence-electron chi connectivity index (χ3n) is 12.4. The number of aromatic nitrogens is 1. The molecule has 9 aromatic carbocycles. The molecule has 268 valence electrons. The molecule has 1 aliphatic heterocycles. The van der Waals surface area contributed by atoms with E-state index in [2.05, 4.69) is 217 Å². The lowest BCUT2D eigenvalue weighted by atomic mass is 9.65. The number of aryl methyl sites for hydroxylation is 1. The number of para-hydroxylation sites is 4. The van der Waals surface area contributed by atoms with Crippen molar-refractivity contribution < 1.29 is 4.74 Å². The zero-order valence-corrected chi connectivity index (χ0v) is 31.4. The summed E-state index contributed by atoms with van der Waals surface area (Å²) in [5.41, 5.74) is 14.9. The molecular weight excluding hydrogens is 693 g/mol. The van der Waals surface area contributed by atoms with Gasteiger partial charge in [0.2, 0.25) is 0 Å². The number of hydrogen-bond acceptors (Lipinski definition) is 2. The lowest BCUT2D eigenvalue weighted by molar-refractivity contribution is 0.441. The molecule has 2 heterocycles. The number of benzene rings is 9. The molecule has 1 aliphatic carbocycles. The maximum Gasteiger partial charge on any atom is 0.140 e. The highest BCUT2D eigenvalue weighted by Gasteiger charge is 2.52. The molecule has 3 heteroatoms. The molecule has 1 unspecified atom stereocenters. The largest absolute Gasteiger partial charge is 0.456 e. The summed E-state index contributed by atoms with van der Waals surface area (Å²) in [5, 5.41) is 4.73. The molecule has 2 aliphatic rings. The van der Waals surface area contributed by atoms with Crippen molar-refractivity contribution >= 4 is 49.6 Å². The normalized spacial score (nSPS) is 15.0. The van der Waals surface area contributed by atoms with E-state index in [1.54, 1.807) is 0 Å². The first kappa shape index (κ1) is 31.9. The van der Waals surface area contributed by atoms with Crippen LogP contribution in [-0.2, 0) is 5.41 Å². The fourth-order valence-electron chi connectivity index (χ4n) is 10.0. The molecule has 0 bridgehead atoms. The van der Waals surface area contributed by atoms with Crippen molar-refractivity contribution in [2.75, 3.05) is 4.90 Å². The Balaban J connectivity index is 1.17. The van der Waals surface area contributed by atoms with Gasteiger partial charge in [-0.25, -0.2) is 0 Å². The molecule has 0 N–H and O–H groups in total. The first-order valence-corrected chi connectivity index (χ1v) is 19.7. The standard InChI is InChI=1S/C54H36N2O/c1-35-16-5-12-26-47(35)56(38-31-33-49-42(34-38)40-21-9-13-27-48(40)55(49)37-18-3-2-4-19-37)50-28-15-25-45-52(50)41-22-8-10-23-43(41)54(45)44-24-11-14-29-51(44)57-53-39-20-7-6-17-36(39)30-32-46(53)54/h2-34H,1H3. The second-order valence-electron chi connectivity index (χ2n) is 15.3. The van der Waals surface area contributed by atoms with Crippen LogP contribution in [0.25, 0.3) is 49.4 Å². The van der Waals surface area contributed by atoms with Crippen LogP contribution in [0.5, 0.6) is 11.5 Å². The first-order valence-electron chi connectivity index (χ1n) is 19.7. The smallest absolute Gasteiger partial charge is 0.140 e. The van der Waals surface area contributed by atoms with Crippen LogP contribution in [0.1, 0.15) is 27.8 Å². The van der Waals surface area contributed by atoms with E-state index in [1.807, 2.05) is 0 Å². The summed E-state index contributed by atoms with van der Waals surface area (Å²) in [6.45, 7) is 2.22. The summed E-state index contributed by atoms with van der Waals surface area (Å²) in [6, 6.07) is 73.0. The lowest BCUT2D eigenvalue weighted by Crippen LogP contribution is -2.32. The average Bonchev–Trinajstić information content (AvgIpc) is 3.76. The summed E-state index contributed by atoms with van der Waals surface area (Å²) in [6.07, 6.45) is 0. The molecule has 57 heavy (non-hydrogen) atoms. The predicted molar refractivity (Wildman–Crippen MR) is 235 cm³/mol. The molecule has 1 spiro atoms. The van der Waals surface area contributed by atoms with Crippen LogP contribution in [-0.4, -0.2) is 4.57 Å². The SMILES string of the molecule is Cc1ccccc1N(c1ccc2c(c1)c1ccccc1n2-c1ccccc1)c1cccc2c1-c1ccccc1C21c2ccccc2Oc2c1ccc1ccccc21. The highest BCUT2D eigenvalue weighted by molar-refractivity contribution is 6.11. The van der Waals surface area contributed by atoms with E-state index in [4.69, 9.17) is 4.74 Å². The highest BCUT2D eigenvalue weighted by atomic mass is 16.5. The summed E-state index contributed by atoms with van der Waals surface area (Å²) in [5.74, 6) is 1.82. The molecule has 0 saturated carbocycles. The topological polar surface area (TPSA) is 17.4 Å². The van der Waals surface area contributed by atoms with E-state index >= 15 is 0 Å². The summed E-state index contributed by atoms with van der Waals surface area (Å²) in [7, 11) is 0. The van der Waals surface area contributed by atoms with Crippen LogP contribution in [0.2, 0.25) is 0 Å². The van der Waals surface area contributed by atoms with Gasteiger partial charge in [0.25, 0.3) is 0 Å². The van der Waals surface area contributed by atoms with Crippen molar-refractivity contribution in [3.05, 3.63) is 228 Å². The van der Waals surface area contributed by atoms with Crippen molar-refractivity contribution in [1.82, 2.24) is 4.57 Å². The minimum atomic E-state index is -0.597. The maximum atomic E-state index is 6.94. The molecule has 12 rings (SSSR count). The summed E-state index contributed by atoms with van der Waals surface area (Å²) in [4.78, 5) is 2.49. The number of nitrogens with zero attached hydrogens (tertiary/aromatic N) is 2. The van der Waals surface area contributed by atoms with E-state index in [9.17, 15) is 0 Å². The molecule has 0 saturated heterocycles. The number of anilines is 3. The number of ether oxygens (including phenoxy) is 1. The van der Waals surface area contributed by atoms with Gasteiger partial charge < -0.3 is 14.2 Å². The maximum absolute atomic E-state index is 6.94. The van der Waals surface area contributed by atoms with E-state index in [0.717, 1.165) is 45.2 Å². The van der Waals surface area contributed by atoms with Gasteiger partial charge >= 0.3 is 0 Å². The van der Waals surface area contributed by atoms with E-state index in [1.165, 1.54) is 60.6 Å². The van der Waals surface area contributed by atoms with Gasteiger partial charge in [-0.3, -0.25) is 0 Å².